The van der Waals surface area contributed by atoms with Crippen LogP contribution in [0.2, 0.25) is 0 Å². The summed E-state index contributed by atoms with van der Waals surface area (Å²) in [6.07, 6.45) is 1.06. The minimum atomic E-state index is -0.0109. The molecule has 1 rings (SSSR count). The summed E-state index contributed by atoms with van der Waals surface area (Å²) in [5.41, 5.74) is 1.03. The number of ether oxygens (including phenoxy) is 2. The van der Waals surface area contributed by atoms with E-state index in [-0.39, 0.29) is 12.5 Å². The molecule has 1 aliphatic heterocycles. The number of amides is 1. The van der Waals surface area contributed by atoms with Crippen LogP contribution in [0.15, 0.2) is 17.1 Å². The van der Waals surface area contributed by atoms with Gasteiger partial charge in [0.25, 0.3) is 0 Å². The summed E-state index contributed by atoms with van der Waals surface area (Å²) in [7, 11) is 5.15. The van der Waals surface area contributed by atoms with Gasteiger partial charge < -0.3 is 24.6 Å². The van der Waals surface area contributed by atoms with Crippen molar-refractivity contribution < 1.29 is 14.3 Å². The highest BCUT2D eigenvalue weighted by Gasteiger charge is 2.25. The summed E-state index contributed by atoms with van der Waals surface area (Å²) >= 11 is 0. The second kappa shape index (κ2) is 11.0. The SMILES string of the molecule is C=C(C)CNC(=NCC(=O)N(C)C)N1CCC(COCCOC)C1. The Morgan fingerprint density at radius 2 is 2.17 bits per heavy atom. The minimum absolute atomic E-state index is 0.0109. The van der Waals surface area contributed by atoms with Crippen LogP contribution in [-0.4, -0.2) is 88.9 Å². The van der Waals surface area contributed by atoms with Crippen molar-refractivity contribution >= 4 is 11.9 Å². The molecule has 0 spiro atoms. The fraction of sp³-hybridized carbons (Fsp3) is 0.765. The first kappa shape index (κ1) is 20.4. The van der Waals surface area contributed by atoms with Gasteiger partial charge in [-0.3, -0.25) is 4.79 Å². The Balaban J connectivity index is 2.55. The van der Waals surface area contributed by atoms with Crippen LogP contribution < -0.4 is 5.32 Å². The van der Waals surface area contributed by atoms with E-state index in [0.29, 0.717) is 25.7 Å². The number of aliphatic imine (C=N–C) groups is 1. The second-order valence-corrected chi connectivity index (χ2v) is 6.41. The molecule has 0 radical (unpaired) electrons. The zero-order valence-electron chi connectivity index (χ0n) is 15.5. The molecule has 0 aromatic carbocycles. The Bertz CT molecular complexity index is 438. The molecule has 1 fully saturated rings. The highest BCUT2D eigenvalue weighted by Crippen LogP contribution is 2.16. The molecule has 1 aliphatic rings. The Hall–Kier alpha value is -1.60. The third-order valence-corrected chi connectivity index (χ3v) is 3.78. The van der Waals surface area contributed by atoms with Crippen molar-refractivity contribution in [2.75, 3.05) is 67.2 Å². The lowest BCUT2D eigenvalue weighted by atomic mass is 10.1. The van der Waals surface area contributed by atoms with E-state index >= 15 is 0 Å². The lowest BCUT2D eigenvalue weighted by Crippen LogP contribution is -2.41. The van der Waals surface area contributed by atoms with Crippen LogP contribution in [0.3, 0.4) is 0 Å². The van der Waals surface area contributed by atoms with Crippen molar-refractivity contribution in [2.45, 2.75) is 13.3 Å². The van der Waals surface area contributed by atoms with Crippen molar-refractivity contribution in [3.8, 4) is 0 Å². The molecule has 0 aliphatic carbocycles. The van der Waals surface area contributed by atoms with Gasteiger partial charge in [-0.05, 0) is 13.3 Å². The molecule has 1 heterocycles. The number of nitrogens with one attached hydrogen (secondary N) is 1. The van der Waals surface area contributed by atoms with Gasteiger partial charge in [0, 0.05) is 46.8 Å². The third kappa shape index (κ3) is 7.79. The van der Waals surface area contributed by atoms with E-state index in [1.165, 1.54) is 0 Å². The highest BCUT2D eigenvalue weighted by molar-refractivity contribution is 5.85. The van der Waals surface area contributed by atoms with Gasteiger partial charge in [-0.15, -0.1) is 0 Å². The number of nitrogens with zero attached hydrogens (tertiary/aromatic N) is 3. The fourth-order valence-electron chi connectivity index (χ4n) is 2.33. The first-order valence-electron chi connectivity index (χ1n) is 8.38. The van der Waals surface area contributed by atoms with Crippen LogP contribution in [-0.2, 0) is 14.3 Å². The maximum atomic E-state index is 11.8. The average Bonchev–Trinajstić information content (AvgIpc) is 2.99. The first-order valence-corrected chi connectivity index (χ1v) is 8.38. The maximum Gasteiger partial charge on any atom is 0.243 e. The minimum Gasteiger partial charge on any atom is -0.382 e. The molecule has 1 N–H and O–H groups in total. The van der Waals surface area contributed by atoms with E-state index in [4.69, 9.17) is 9.47 Å². The largest absolute Gasteiger partial charge is 0.382 e. The lowest BCUT2D eigenvalue weighted by Gasteiger charge is -2.22. The number of likely N-dealkylation sites (N-methyl/N-ethyl adjacent to an activating group) is 1. The summed E-state index contributed by atoms with van der Waals surface area (Å²) in [6.45, 7) is 10.4. The number of hydrogen-bond acceptors (Lipinski definition) is 4. The van der Waals surface area contributed by atoms with Crippen molar-refractivity contribution in [1.82, 2.24) is 15.1 Å². The molecule has 7 heteroatoms. The molecule has 0 aromatic heterocycles. The summed E-state index contributed by atoms with van der Waals surface area (Å²) in [5, 5.41) is 3.30. The van der Waals surface area contributed by atoms with Gasteiger partial charge in [0.05, 0.1) is 19.8 Å². The Labute approximate surface area is 145 Å². The highest BCUT2D eigenvalue weighted by atomic mass is 16.5. The van der Waals surface area contributed by atoms with Crippen LogP contribution in [0.1, 0.15) is 13.3 Å². The molecule has 0 saturated carbocycles. The second-order valence-electron chi connectivity index (χ2n) is 6.41. The number of carbonyl (C=O) groups is 1. The van der Waals surface area contributed by atoms with Crippen LogP contribution in [0.4, 0.5) is 0 Å². The van der Waals surface area contributed by atoms with Gasteiger partial charge in [-0.1, -0.05) is 12.2 Å². The standard InChI is InChI=1S/C17H32N4O3/c1-14(2)10-18-17(19-11-16(22)20(3)4)21-7-6-15(12-21)13-24-9-8-23-5/h15H,1,6-13H2,2-5H3,(H,18,19). The Morgan fingerprint density at radius 1 is 1.42 bits per heavy atom. The van der Waals surface area contributed by atoms with Gasteiger partial charge in [-0.2, -0.15) is 0 Å². The van der Waals surface area contributed by atoms with Crippen LogP contribution in [0, 0.1) is 5.92 Å². The molecule has 1 amide bonds. The van der Waals surface area contributed by atoms with E-state index in [1.807, 2.05) is 6.92 Å². The maximum absolute atomic E-state index is 11.8. The number of hydrogen-bond donors (Lipinski definition) is 1. The van der Waals surface area contributed by atoms with E-state index < -0.39 is 0 Å². The van der Waals surface area contributed by atoms with Crippen molar-refractivity contribution in [1.29, 1.82) is 0 Å². The summed E-state index contributed by atoms with van der Waals surface area (Å²) in [6, 6.07) is 0. The quantitative estimate of drug-likeness (QED) is 0.288. The predicted octanol–water partition coefficient (Wildman–Crippen LogP) is 0.581. The lowest BCUT2D eigenvalue weighted by molar-refractivity contribution is -0.127. The van der Waals surface area contributed by atoms with Crippen LogP contribution >= 0.6 is 0 Å². The Kier molecular flexibility index (Phi) is 9.41. The van der Waals surface area contributed by atoms with Crippen LogP contribution in [0.5, 0.6) is 0 Å². The normalized spacial score (nSPS) is 17.9. The topological polar surface area (TPSA) is 66.4 Å². The van der Waals surface area contributed by atoms with Crippen molar-refractivity contribution in [3.05, 3.63) is 12.2 Å². The van der Waals surface area contributed by atoms with E-state index in [1.54, 1.807) is 26.1 Å². The molecule has 1 unspecified atom stereocenters. The van der Waals surface area contributed by atoms with Crippen LogP contribution in [0.25, 0.3) is 0 Å². The predicted molar refractivity (Wildman–Crippen MR) is 96.2 cm³/mol. The smallest absolute Gasteiger partial charge is 0.243 e. The van der Waals surface area contributed by atoms with E-state index in [9.17, 15) is 4.79 Å². The van der Waals surface area contributed by atoms with E-state index in [2.05, 4.69) is 21.8 Å². The van der Waals surface area contributed by atoms with Crippen molar-refractivity contribution in [2.24, 2.45) is 10.9 Å². The fourth-order valence-corrected chi connectivity index (χ4v) is 2.33. The molecular weight excluding hydrogens is 308 g/mol. The van der Waals surface area contributed by atoms with Gasteiger partial charge in [-0.25, -0.2) is 4.99 Å². The molecule has 138 valence electrons. The molecule has 0 bridgehead atoms. The number of rotatable bonds is 9. The molecule has 0 aromatic rings. The summed E-state index contributed by atoms with van der Waals surface area (Å²) in [5.74, 6) is 1.24. The average molecular weight is 340 g/mol. The molecule has 1 atom stereocenters. The monoisotopic (exact) mass is 340 g/mol. The Morgan fingerprint density at radius 3 is 2.79 bits per heavy atom. The molecule has 1 saturated heterocycles. The number of carbonyl (C=O) groups excluding carboxylic acids is 1. The summed E-state index contributed by atoms with van der Waals surface area (Å²) < 4.78 is 10.6. The molecular formula is C17H32N4O3. The van der Waals surface area contributed by atoms with Gasteiger partial charge in [0.15, 0.2) is 5.96 Å². The van der Waals surface area contributed by atoms with E-state index in [0.717, 1.165) is 37.6 Å². The zero-order chi connectivity index (χ0) is 17.9. The number of methoxy groups -OCH3 is 1. The third-order valence-electron chi connectivity index (χ3n) is 3.78. The molecule has 7 nitrogen and oxygen atoms in total. The van der Waals surface area contributed by atoms with Gasteiger partial charge >= 0.3 is 0 Å². The van der Waals surface area contributed by atoms with Crippen molar-refractivity contribution in [3.63, 3.8) is 0 Å². The zero-order valence-corrected chi connectivity index (χ0v) is 15.5. The molecule has 24 heavy (non-hydrogen) atoms. The number of likely N-dealkylation sites (tertiary alicyclic amines) is 1. The van der Waals surface area contributed by atoms with Gasteiger partial charge in [0.1, 0.15) is 6.54 Å². The summed E-state index contributed by atoms with van der Waals surface area (Å²) in [4.78, 5) is 20.0. The number of guanidine groups is 1. The van der Waals surface area contributed by atoms with Gasteiger partial charge in [0.2, 0.25) is 5.91 Å². The first-order chi connectivity index (χ1) is 11.4.